The maximum Gasteiger partial charge on any atom is 0.276 e. The molecule has 0 fully saturated rings. The van der Waals surface area contributed by atoms with E-state index in [-0.39, 0.29) is 11.4 Å². The molecule has 0 unspecified atom stereocenters. The molecule has 0 aliphatic rings. The van der Waals surface area contributed by atoms with Crippen molar-refractivity contribution in [2.45, 2.75) is 6.92 Å². The van der Waals surface area contributed by atoms with Gasteiger partial charge in [0.05, 0.1) is 6.61 Å². The molecule has 104 valence electrons. The number of hydrogen-bond donors (Lipinski definition) is 1. The van der Waals surface area contributed by atoms with Gasteiger partial charge in [0.25, 0.3) is 5.91 Å². The second kappa shape index (κ2) is 6.05. The molecule has 0 bridgehead atoms. The van der Waals surface area contributed by atoms with Crippen molar-refractivity contribution < 1.29 is 18.3 Å². The van der Waals surface area contributed by atoms with E-state index in [9.17, 15) is 13.6 Å². The van der Waals surface area contributed by atoms with E-state index in [0.717, 1.165) is 12.1 Å². The van der Waals surface area contributed by atoms with E-state index < -0.39 is 17.5 Å². The highest BCUT2D eigenvalue weighted by Gasteiger charge is 2.10. The van der Waals surface area contributed by atoms with Gasteiger partial charge in [-0.1, -0.05) is 0 Å². The third-order valence-corrected chi connectivity index (χ3v) is 2.34. The van der Waals surface area contributed by atoms with Crippen LogP contribution in [-0.4, -0.2) is 22.7 Å². The number of nitrogens with zero attached hydrogens (tertiary/aromatic N) is 2. The first-order valence-corrected chi connectivity index (χ1v) is 5.83. The lowest BCUT2D eigenvalue weighted by Gasteiger charge is -2.05. The quantitative estimate of drug-likeness (QED) is 0.933. The van der Waals surface area contributed by atoms with Gasteiger partial charge >= 0.3 is 0 Å². The summed E-state index contributed by atoms with van der Waals surface area (Å²) in [4.78, 5) is 11.8. The molecule has 5 nitrogen and oxygen atoms in total. The number of aromatic nitrogens is 2. The lowest BCUT2D eigenvalue weighted by atomic mass is 10.3. The summed E-state index contributed by atoms with van der Waals surface area (Å²) in [6.07, 6.45) is 0. The number of nitrogens with one attached hydrogen (secondary N) is 1. The molecule has 7 heteroatoms. The van der Waals surface area contributed by atoms with E-state index in [0.29, 0.717) is 12.5 Å². The highest BCUT2D eigenvalue weighted by Crippen LogP contribution is 2.14. The lowest BCUT2D eigenvalue weighted by molar-refractivity contribution is 0.102. The largest absolute Gasteiger partial charge is 0.477 e. The first kappa shape index (κ1) is 13.9. The molecule has 0 saturated heterocycles. The number of rotatable bonds is 4. The zero-order valence-electron chi connectivity index (χ0n) is 10.6. The number of anilines is 1. The maximum atomic E-state index is 13.0. The Bertz CT molecular complexity index is 618. The number of benzene rings is 1. The minimum atomic E-state index is -1.04. The number of carbonyl (C=O) groups excluding carboxylic acids is 1. The molecule has 1 aromatic carbocycles. The Hall–Kier alpha value is -2.57. The first-order valence-electron chi connectivity index (χ1n) is 5.83. The summed E-state index contributed by atoms with van der Waals surface area (Å²) in [6.45, 7) is 2.24. The van der Waals surface area contributed by atoms with E-state index in [1.165, 1.54) is 18.2 Å². The summed E-state index contributed by atoms with van der Waals surface area (Å²) in [5, 5.41) is 9.76. The summed E-state index contributed by atoms with van der Waals surface area (Å²) in [5.74, 6) is -2.30. The number of halogens is 2. The van der Waals surface area contributed by atoms with Gasteiger partial charge in [0.1, 0.15) is 0 Å². The second-order valence-corrected chi connectivity index (χ2v) is 3.77. The molecule has 0 spiro atoms. The van der Waals surface area contributed by atoms with Crippen molar-refractivity contribution in [2.24, 2.45) is 0 Å². The molecule has 0 aliphatic carbocycles. The third-order valence-electron chi connectivity index (χ3n) is 2.34. The van der Waals surface area contributed by atoms with Crippen molar-refractivity contribution in [3.63, 3.8) is 0 Å². The van der Waals surface area contributed by atoms with Gasteiger partial charge in [-0.25, -0.2) is 8.78 Å². The molecule has 0 atom stereocenters. The van der Waals surface area contributed by atoms with Crippen LogP contribution in [0.1, 0.15) is 17.4 Å². The number of ether oxygens (including phenoxy) is 1. The van der Waals surface area contributed by atoms with Crippen LogP contribution in [0.2, 0.25) is 0 Å². The fourth-order valence-corrected chi connectivity index (χ4v) is 1.44. The number of amides is 1. The van der Waals surface area contributed by atoms with Crippen LogP contribution >= 0.6 is 0 Å². The molecule has 1 heterocycles. The minimum absolute atomic E-state index is 0.0400. The van der Waals surface area contributed by atoms with E-state index in [2.05, 4.69) is 15.5 Å². The summed E-state index contributed by atoms with van der Waals surface area (Å²) in [7, 11) is 0. The smallest absolute Gasteiger partial charge is 0.276 e. The zero-order chi connectivity index (χ0) is 14.5. The summed E-state index contributed by atoms with van der Waals surface area (Å²) in [5.41, 5.74) is 0.169. The van der Waals surface area contributed by atoms with E-state index in [4.69, 9.17) is 4.74 Å². The maximum absolute atomic E-state index is 13.0. The SMILES string of the molecule is CCOc1ccc(C(=O)Nc2ccc(F)c(F)c2)nn1. The Morgan fingerprint density at radius 1 is 1.20 bits per heavy atom. The lowest BCUT2D eigenvalue weighted by Crippen LogP contribution is -2.14. The van der Waals surface area contributed by atoms with Crippen LogP contribution in [0.15, 0.2) is 30.3 Å². The molecular formula is C13H11F2N3O2. The predicted molar refractivity (Wildman–Crippen MR) is 67.5 cm³/mol. The monoisotopic (exact) mass is 279 g/mol. The van der Waals surface area contributed by atoms with Crippen molar-refractivity contribution in [3.05, 3.63) is 47.7 Å². The summed E-state index contributed by atoms with van der Waals surface area (Å²) < 4.78 is 30.8. The van der Waals surface area contributed by atoms with E-state index >= 15 is 0 Å². The van der Waals surface area contributed by atoms with E-state index in [1.54, 1.807) is 6.92 Å². The fourth-order valence-electron chi connectivity index (χ4n) is 1.44. The topological polar surface area (TPSA) is 64.1 Å². The van der Waals surface area contributed by atoms with Crippen LogP contribution < -0.4 is 10.1 Å². The molecule has 1 amide bonds. The second-order valence-electron chi connectivity index (χ2n) is 3.77. The Morgan fingerprint density at radius 2 is 2.00 bits per heavy atom. The Morgan fingerprint density at radius 3 is 2.60 bits per heavy atom. The molecule has 2 aromatic rings. The average Bonchev–Trinajstić information content (AvgIpc) is 2.44. The standard InChI is InChI=1S/C13H11F2N3O2/c1-2-20-12-6-5-11(17-18-12)13(19)16-8-3-4-9(14)10(15)7-8/h3-7H,2H2,1H3,(H,16,19). The molecular weight excluding hydrogens is 268 g/mol. The molecule has 2 rings (SSSR count). The molecule has 0 aliphatic heterocycles. The van der Waals surface area contributed by atoms with Crippen LogP contribution in [0.5, 0.6) is 5.88 Å². The first-order chi connectivity index (χ1) is 9.60. The van der Waals surface area contributed by atoms with Crippen molar-refractivity contribution >= 4 is 11.6 Å². The molecule has 1 N–H and O–H groups in total. The molecule has 20 heavy (non-hydrogen) atoms. The number of hydrogen-bond acceptors (Lipinski definition) is 4. The molecule has 0 saturated carbocycles. The Kier molecular flexibility index (Phi) is 4.19. The molecule has 1 aromatic heterocycles. The highest BCUT2D eigenvalue weighted by atomic mass is 19.2. The molecule has 0 radical (unpaired) electrons. The van der Waals surface area contributed by atoms with Crippen LogP contribution in [0, 0.1) is 11.6 Å². The van der Waals surface area contributed by atoms with Gasteiger partial charge in [-0.05, 0) is 25.1 Å². The Balaban J connectivity index is 2.09. The predicted octanol–water partition coefficient (Wildman–Crippen LogP) is 2.41. The van der Waals surface area contributed by atoms with Crippen LogP contribution in [-0.2, 0) is 0 Å². The Labute approximate surface area is 113 Å². The van der Waals surface area contributed by atoms with Gasteiger partial charge in [-0.2, -0.15) is 0 Å². The highest BCUT2D eigenvalue weighted by molar-refractivity contribution is 6.02. The van der Waals surface area contributed by atoms with Gasteiger partial charge in [-0.15, -0.1) is 10.2 Å². The minimum Gasteiger partial charge on any atom is -0.477 e. The van der Waals surface area contributed by atoms with Crippen LogP contribution in [0.25, 0.3) is 0 Å². The van der Waals surface area contributed by atoms with Gasteiger partial charge in [0, 0.05) is 17.8 Å². The number of carbonyl (C=O) groups is 1. The summed E-state index contributed by atoms with van der Waals surface area (Å²) in [6, 6.07) is 5.98. The normalized spacial score (nSPS) is 10.2. The van der Waals surface area contributed by atoms with Gasteiger partial charge < -0.3 is 10.1 Å². The van der Waals surface area contributed by atoms with Crippen LogP contribution in [0.3, 0.4) is 0 Å². The van der Waals surface area contributed by atoms with Gasteiger partial charge in [0.2, 0.25) is 5.88 Å². The van der Waals surface area contributed by atoms with Gasteiger partial charge in [0.15, 0.2) is 17.3 Å². The third kappa shape index (κ3) is 3.25. The van der Waals surface area contributed by atoms with Crippen molar-refractivity contribution in [1.82, 2.24) is 10.2 Å². The van der Waals surface area contributed by atoms with Crippen LogP contribution in [0.4, 0.5) is 14.5 Å². The fraction of sp³-hybridized carbons (Fsp3) is 0.154. The van der Waals surface area contributed by atoms with Crippen molar-refractivity contribution in [2.75, 3.05) is 11.9 Å². The van der Waals surface area contributed by atoms with E-state index in [1.807, 2.05) is 0 Å². The van der Waals surface area contributed by atoms with Crippen molar-refractivity contribution in [1.29, 1.82) is 0 Å². The van der Waals surface area contributed by atoms with Crippen molar-refractivity contribution in [3.8, 4) is 5.88 Å². The summed E-state index contributed by atoms with van der Waals surface area (Å²) >= 11 is 0. The van der Waals surface area contributed by atoms with Gasteiger partial charge in [-0.3, -0.25) is 4.79 Å². The average molecular weight is 279 g/mol. The zero-order valence-corrected chi connectivity index (χ0v) is 10.6.